The van der Waals surface area contributed by atoms with Gasteiger partial charge in [-0.3, -0.25) is 0 Å². The molecule has 0 aliphatic heterocycles. The molecule has 1 aliphatic rings. The van der Waals surface area contributed by atoms with Gasteiger partial charge in [0.05, 0.1) is 0 Å². The average molecular weight is 246 g/mol. The molecule has 1 aromatic heterocycles. The molecule has 5 heteroatoms. The number of halogens is 2. The third-order valence-electron chi connectivity index (χ3n) is 3.15. The van der Waals surface area contributed by atoms with Gasteiger partial charge in [0, 0.05) is 12.1 Å². The van der Waals surface area contributed by atoms with Gasteiger partial charge in [-0.1, -0.05) is 25.4 Å². The van der Waals surface area contributed by atoms with Crippen LogP contribution in [0.1, 0.15) is 26.7 Å². The van der Waals surface area contributed by atoms with E-state index >= 15 is 0 Å². The van der Waals surface area contributed by atoms with Crippen molar-refractivity contribution in [1.82, 2.24) is 9.97 Å². The van der Waals surface area contributed by atoms with Crippen LogP contribution in [0, 0.1) is 5.41 Å². The highest BCUT2D eigenvalue weighted by atomic mass is 35.5. The molecule has 0 radical (unpaired) electrons. The van der Waals surface area contributed by atoms with Gasteiger partial charge in [0.25, 0.3) is 0 Å². The van der Waals surface area contributed by atoms with Gasteiger partial charge in [-0.25, -0.2) is 9.97 Å². The monoisotopic (exact) mass is 245 g/mol. The van der Waals surface area contributed by atoms with Crippen molar-refractivity contribution in [2.75, 3.05) is 5.32 Å². The molecule has 1 fully saturated rings. The van der Waals surface area contributed by atoms with Crippen LogP contribution in [-0.2, 0) is 0 Å². The van der Waals surface area contributed by atoms with Crippen LogP contribution in [-0.4, -0.2) is 16.0 Å². The summed E-state index contributed by atoms with van der Waals surface area (Å²) in [4.78, 5) is 7.87. The molecule has 1 N–H and O–H groups in total. The van der Waals surface area contributed by atoms with Gasteiger partial charge in [-0.15, -0.1) is 0 Å². The molecule has 1 aliphatic carbocycles. The van der Waals surface area contributed by atoms with E-state index in [1.807, 2.05) is 0 Å². The summed E-state index contributed by atoms with van der Waals surface area (Å²) in [5, 5.41) is 3.87. The van der Waals surface area contributed by atoms with Crippen LogP contribution in [0.3, 0.4) is 0 Å². The molecule has 2 unspecified atom stereocenters. The maximum absolute atomic E-state index is 5.78. The second-order valence-corrected chi connectivity index (χ2v) is 4.98. The molecule has 0 aromatic carbocycles. The molecule has 0 spiro atoms. The van der Waals surface area contributed by atoms with Crippen molar-refractivity contribution in [3.8, 4) is 0 Å². The third-order valence-corrected chi connectivity index (χ3v) is 3.51. The molecule has 2 atom stereocenters. The Kier molecular flexibility index (Phi) is 2.77. The Morgan fingerprint density at radius 2 is 2.27 bits per heavy atom. The number of hydrogen-bond donors (Lipinski definition) is 1. The van der Waals surface area contributed by atoms with E-state index in [9.17, 15) is 0 Å². The van der Waals surface area contributed by atoms with Crippen LogP contribution in [0.5, 0.6) is 0 Å². The number of rotatable bonds is 3. The molecule has 3 nitrogen and oxygen atoms in total. The molecular formula is C10H13Cl2N3. The van der Waals surface area contributed by atoms with Gasteiger partial charge in [0.2, 0.25) is 5.28 Å². The van der Waals surface area contributed by atoms with Crippen LogP contribution in [0.2, 0.25) is 10.4 Å². The Labute approximate surface area is 99.2 Å². The molecule has 0 amide bonds. The summed E-state index contributed by atoms with van der Waals surface area (Å²) < 4.78 is 0. The minimum atomic E-state index is 0.184. The predicted octanol–water partition coefficient (Wildman–Crippen LogP) is 3.38. The second-order valence-electron chi connectivity index (χ2n) is 4.25. The Hall–Kier alpha value is -0.540. The zero-order chi connectivity index (χ0) is 11.1. The molecule has 82 valence electrons. The highest BCUT2D eigenvalue weighted by Crippen LogP contribution is 2.49. The number of nitrogens with zero attached hydrogens (tertiary/aromatic N) is 2. The topological polar surface area (TPSA) is 37.8 Å². The van der Waals surface area contributed by atoms with Gasteiger partial charge in [0.15, 0.2) is 0 Å². The van der Waals surface area contributed by atoms with Crippen molar-refractivity contribution in [2.24, 2.45) is 5.41 Å². The normalized spacial score (nSPS) is 28.9. The minimum absolute atomic E-state index is 0.184. The lowest BCUT2D eigenvalue weighted by atomic mass is 10.1. The zero-order valence-electron chi connectivity index (χ0n) is 8.72. The summed E-state index contributed by atoms with van der Waals surface area (Å²) in [7, 11) is 0. The van der Waals surface area contributed by atoms with Crippen molar-refractivity contribution in [2.45, 2.75) is 32.7 Å². The van der Waals surface area contributed by atoms with Crippen molar-refractivity contribution >= 4 is 29.0 Å². The SMILES string of the molecule is CCC1(C)CC1Nc1cc(Cl)nc(Cl)n1. The van der Waals surface area contributed by atoms with Crippen LogP contribution in [0.4, 0.5) is 5.82 Å². The van der Waals surface area contributed by atoms with E-state index in [1.165, 1.54) is 6.42 Å². The standard InChI is InChI=1S/C10H13Cl2N3/c1-3-10(2)5-6(10)13-8-4-7(11)14-9(12)15-8/h4,6H,3,5H2,1-2H3,(H,13,14,15). The number of aromatic nitrogens is 2. The van der Waals surface area contributed by atoms with E-state index in [-0.39, 0.29) is 5.28 Å². The fraction of sp³-hybridized carbons (Fsp3) is 0.600. The average Bonchev–Trinajstić information content (AvgIpc) is 2.76. The Balaban J connectivity index is 2.06. The molecule has 2 rings (SSSR count). The zero-order valence-corrected chi connectivity index (χ0v) is 10.2. The van der Waals surface area contributed by atoms with E-state index in [0.717, 1.165) is 6.42 Å². The first-order valence-electron chi connectivity index (χ1n) is 5.00. The van der Waals surface area contributed by atoms with E-state index in [4.69, 9.17) is 23.2 Å². The molecular weight excluding hydrogens is 233 g/mol. The minimum Gasteiger partial charge on any atom is -0.367 e. The number of hydrogen-bond acceptors (Lipinski definition) is 3. The number of anilines is 1. The highest BCUT2D eigenvalue weighted by Gasteiger charge is 2.48. The third kappa shape index (κ3) is 2.34. The summed E-state index contributed by atoms with van der Waals surface area (Å²) in [5.74, 6) is 0.710. The second kappa shape index (κ2) is 3.80. The lowest BCUT2D eigenvalue weighted by molar-refractivity contribution is 0.535. The maximum Gasteiger partial charge on any atom is 0.225 e. The fourth-order valence-electron chi connectivity index (χ4n) is 1.67. The first kappa shape index (κ1) is 11.0. The van der Waals surface area contributed by atoms with Gasteiger partial charge < -0.3 is 5.32 Å². The van der Waals surface area contributed by atoms with E-state index in [0.29, 0.717) is 22.4 Å². The maximum atomic E-state index is 5.78. The summed E-state index contributed by atoms with van der Waals surface area (Å²) in [6.45, 7) is 4.46. The summed E-state index contributed by atoms with van der Waals surface area (Å²) in [5.41, 5.74) is 0.393. The first-order valence-corrected chi connectivity index (χ1v) is 5.76. The molecule has 0 bridgehead atoms. The van der Waals surface area contributed by atoms with Gasteiger partial charge in [-0.05, 0) is 29.9 Å². The molecule has 1 aromatic rings. The van der Waals surface area contributed by atoms with Crippen molar-refractivity contribution in [3.63, 3.8) is 0 Å². The molecule has 0 saturated heterocycles. The van der Waals surface area contributed by atoms with E-state index < -0.39 is 0 Å². The van der Waals surface area contributed by atoms with Crippen LogP contribution < -0.4 is 5.32 Å². The Morgan fingerprint density at radius 3 is 2.80 bits per heavy atom. The molecule has 1 saturated carbocycles. The van der Waals surface area contributed by atoms with E-state index in [2.05, 4.69) is 29.1 Å². The molecule has 1 heterocycles. The van der Waals surface area contributed by atoms with Crippen LogP contribution >= 0.6 is 23.2 Å². The van der Waals surface area contributed by atoms with Crippen LogP contribution in [0.15, 0.2) is 6.07 Å². The van der Waals surface area contributed by atoms with Gasteiger partial charge in [-0.2, -0.15) is 0 Å². The quantitative estimate of drug-likeness (QED) is 0.656. The Morgan fingerprint density at radius 1 is 1.53 bits per heavy atom. The summed E-state index contributed by atoms with van der Waals surface area (Å²) in [6, 6.07) is 2.17. The largest absolute Gasteiger partial charge is 0.367 e. The number of nitrogens with one attached hydrogen (secondary N) is 1. The lowest BCUT2D eigenvalue weighted by Crippen LogP contribution is -2.11. The lowest BCUT2D eigenvalue weighted by Gasteiger charge is -2.09. The van der Waals surface area contributed by atoms with Crippen molar-refractivity contribution in [3.05, 3.63) is 16.5 Å². The summed E-state index contributed by atoms with van der Waals surface area (Å²) >= 11 is 11.5. The fourth-order valence-corrected chi connectivity index (χ4v) is 2.07. The summed E-state index contributed by atoms with van der Waals surface area (Å²) in [6.07, 6.45) is 2.33. The van der Waals surface area contributed by atoms with E-state index in [1.54, 1.807) is 6.07 Å². The molecule has 15 heavy (non-hydrogen) atoms. The van der Waals surface area contributed by atoms with Crippen molar-refractivity contribution < 1.29 is 0 Å². The van der Waals surface area contributed by atoms with Crippen LogP contribution in [0.25, 0.3) is 0 Å². The smallest absolute Gasteiger partial charge is 0.225 e. The van der Waals surface area contributed by atoms with Gasteiger partial charge in [0.1, 0.15) is 11.0 Å². The Bertz CT molecular complexity index is 363. The van der Waals surface area contributed by atoms with Gasteiger partial charge >= 0.3 is 0 Å². The predicted molar refractivity (Wildman–Crippen MR) is 62.5 cm³/mol. The van der Waals surface area contributed by atoms with Crippen molar-refractivity contribution in [1.29, 1.82) is 0 Å². The first-order chi connectivity index (χ1) is 7.03. The highest BCUT2D eigenvalue weighted by molar-refractivity contribution is 6.32.